The molecule has 10 heteroatoms. The van der Waals surface area contributed by atoms with Gasteiger partial charge in [0.05, 0.1) is 24.2 Å². The second-order valence-corrected chi connectivity index (χ2v) is 7.56. The molecule has 1 aliphatic rings. The number of rotatable bonds is 7. The van der Waals surface area contributed by atoms with E-state index in [1.165, 1.54) is 17.5 Å². The topological polar surface area (TPSA) is 128 Å². The van der Waals surface area contributed by atoms with Crippen LogP contribution in [0.4, 0.5) is 17.3 Å². The number of hydrogen-bond acceptors (Lipinski definition) is 9. The fraction of sp³-hybridized carbons (Fsp3) is 0.286. The second-order valence-electron chi connectivity index (χ2n) is 7.56. The van der Waals surface area contributed by atoms with Gasteiger partial charge in [-0.15, -0.1) is 0 Å². The normalized spacial score (nSPS) is 14.9. The first-order chi connectivity index (χ1) is 15.3. The Morgan fingerprint density at radius 2 is 2.00 bits per heavy atom. The van der Waals surface area contributed by atoms with Gasteiger partial charge in [-0.25, -0.2) is 9.97 Å². The minimum atomic E-state index is -0.528. The monoisotopic (exact) mass is 417 g/mol. The smallest absolute Gasteiger partial charge is 0.174 e. The molecule has 5 rings (SSSR count). The Balaban J connectivity index is 1.22. The second kappa shape index (κ2) is 8.62. The van der Waals surface area contributed by atoms with Crippen LogP contribution in [0.2, 0.25) is 0 Å². The zero-order valence-corrected chi connectivity index (χ0v) is 16.9. The van der Waals surface area contributed by atoms with E-state index in [1.807, 2.05) is 0 Å². The third-order valence-electron chi connectivity index (χ3n) is 5.38. The van der Waals surface area contributed by atoms with E-state index >= 15 is 0 Å². The Bertz CT molecular complexity index is 1160. The van der Waals surface area contributed by atoms with E-state index in [0.717, 1.165) is 25.2 Å². The van der Waals surface area contributed by atoms with Gasteiger partial charge in [0.2, 0.25) is 0 Å². The molecule has 4 N–H and O–H groups in total. The standard InChI is InChI=1S/C21H23N9O/c31-17(12-30-8-6-14-3-1-2-4-15(14)11-30)10-22-21-18-19(28-29-21)20(24-13-23-18)27-16-5-7-25-26-9-16/h1-5,7,9,13,17,31H,6,8,10-12H2,(H2,22,28,29)(H,23,24,25,27)/t17-/m1/s1. The molecule has 3 aromatic heterocycles. The molecule has 0 spiro atoms. The van der Waals surface area contributed by atoms with E-state index in [1.54, 1.807) is 18.5 Å². The maximum Gasteiger partial charge on any atom is 0.174 e. The SMILES string of the molecule is O[C@H](CNc1n[nH]c2c(Nc3ccnnc3)ncnc12)CN1CCc2ccccc2C1. The van der Waals surface area contributed by atoms with Crippen LogP contribution in [-0.4, -0.2) is 66.1 Å². The molecule has 1 aromatic carbocycles. The van der Waals surface area contributed by atoms with Crippen LogP contribution in [0.3, 0.4) is 0 Å². The highest BCUT2D eigenvalue weighted by Gasteiger charge is 2.19. The Morgan fingerprint density at radius 3 is 2.87 bits per heavy atom. The summed E-state index contributed by atoms with van der Waals surface area (Å²) < 4.78 is 0. The molecule has 0 bridgehead atoms. The van der Waals surface area contributed by atoms with Crippen molar-refractivity contribution in [3.8, 4) is 0 Å². The Hall–Kier alpha value is -3.63. The number of fused-ring (bicyclic) bond motifs is 2. The third-order valence-corrected chi connectivity index (χ3v) is 5.38. The maximum atomic E-state index is 10.6. The summed E-state index contributed by atoms with van der Waals surface area (Å²) in [6.07, 6.45) is 5.17. The Morgan fingerprint density at radius 1 is 1.10 bits per heavy atom. The number of benzene rings is 1. The quantitative estimate of drug-likeness (QED) is 0.355. The summed E-state index contributed by atoms with van der Waals surface area (Å²) in [4.78, 5) is 10.9. The van der Waals surface area contributed by atoms with Gasteiger partial charge in [-0.05, 0) is 23.6 Å². The number of aliphatic hydroxyl groups excluding tert-OH is 1. The number of anilines is 3. The first kappa shape index (κ1) is 19.3. The van der Waals surface area contributed by atoms with Crippen molar-refractivity contribution in [3.05, 3.63) is 60.2 Å². The lowest BCUT2D eigenvalue weighted by Crippen LogP contribution is -2.39. The van der Waals surface area contributed by atoms with E-state index < -0.39 is 6.10 Å². The highest BCUT2D eigenvalue weighted by Crippen LogP contribution is 2.25. The minimum absolute atomic E-state index is 0.374. The molecule has 1 atom stereocenters. The van der Waals surface area contributed by atoms with Crippen LogP contribution >= 0.6 is 0 Å². The van der Waals surface area contributed by atoms with Crippen molar-refractivity contribution >= 4 is 28.4 Å². The zero-order valence-electron chi connectivity index (χ0n) is 16.9. The number of aromatic amines is 1. The third kappa shape index (κ3) is 4.30. The van der Waals surface area contributed by atoms with Crippen molar-refractivity contribution in [2.45, 2.75) is 19.1 Å². The average molecular weight is 417 g/mol. The molecule has 1 aliphatic heterocycles. The van der Waals surface area contributed by atoms with E-state index in [4.69, 9.17) is 0 Å². The number of H-pyrrole nitrogens is 1. The van der Waals surface area contributed by atoms with Gasteiger partial charge in [0.1, 0.15) is 17.4 Å². The van der Waals surface area contributed by atoms with Crippen LogP contribution in [0, 0.1) is 0 Å². The zero-order chi connectivity index (χ0) is 21.0. The van der Waals surface area contributed by atoms with Crippen LogP contribution < -0.4 is 10.6 Å². The molecule has 0 amide bonds. The fourth-order valence-corrected chi connectivity index (χ4v) is 3.84. The molecule has 0 fully saturated rings. The largest absolute Gasteiger partial charge is 0.390 e. The first-order valence-corrected chi connectivity index (χ1v) is 10.2. The molecular formula is C21H23N9O. The average Bonchev–Trinajstić information content (AvgIpc) is 3.22. The van der Waals surface area contributed by atoms with E-state index in [0.29, 0.717) is 35.8 Å². The summed E-state index contributed by atoms with van der Waals surface area (Å²) in [5.74, 6) is 1.17. The Labute approximate surface area is 178 Å². The lowest BCUT2D eigenvalue weighted by atomic mass is 10.00. The van der Waals surface area contributed by atoms with Crippen molar-refractivity contribution < 1.29 is 5.11 Å². The number of hydrogen-bond donors (Lipinski definition) is 4. The summed E-state index contributed by atoms with van der Waals surface area (Å²) in [7, 11) is 0. The molecule has 10 nitrogen and oxygen atoms in total. The predicted octanol–water partition coefficient (Wildman–Crippen LogP) is 1.72. The molecule has 4 aromatic rings. The van der Waals surface area contributed by atoms with Gasteiger partial charge in [0.25, 0.3) is 0 Å². The summed E-state index contributed by atoms with van der Waals surface area (Å²) in [6.45, 7) is 2.79. The number of aromatic nitrogens is 6. The van der Waals surface area contributed by atoms with Crippen LogP contribution in [0.1, 0.15) is 11.1 Å². The molecule has 4 heterocycles. The predicted molar refractivity (Wildman–Crippen MR) is 117 cm³/mol. The van der Waals surface area contributed by atoms with Gasteiger partial charge in [-0.3, -0.25) is 10.00 Å². The van der Waals surface area contributed by atoms with Crippen LogP contribution in [0.15, 0.2) is 49.1 Å². The molecule has 0 saturated carbocycles. The number of β-amino-alcohol motifs (C(OH)–C–C–N with tert-alkyl or cyclic N) is 1. The number of nitrogens with one attached hydrogen (secondary N) is 3. The van der Waals surface area contributed by atoms with E-state index in [2.05, 4.69) is 70.2 Å². The molecule has 31 heavy (non-hydrogen) atoms. The lowest BCUT2D eigenvalue weighted by molar-refractivity contribution is 0.114. The van der Waals surface area contributed by atoms with Gasteiger partial charge < -0.3 is 15.7 Å². The molecular weight excluding hydrogens is 394 g/mol. The van der Waals surface area contributed by atoms with Crippen molar-refractivity contribution in [2.24, 2.45) is 0 Å². The molecule has 0 unspecified atom stereocenters. The highest BCUT2D eigenvalue weighted by atomic mass is 16.3. The summed E-state index contributed by atoms with van der Waals surface area (Å²) in [5, 5.41) is 31.9. The molecule has 158 valence electrons. The van der Waals surface area contributed by atoms with Gasteiger partial charge in [0.15, 0.2) is 11.6 Å². The minimum Gasteiger partial charge on any atom is -0.390 e. The van der Waals surface area contributed by atoms with Gasteiger partial charge >= 0.3 is 0 Å². The molecule has 0 radical (unpaired) electrons. The maximum absolute atomic E-state index is 10.6. The van der Waals surface area contributed by atoms with Crippen molar-refractivity contribution in [2.75, 3.05) is 30.3 Å². The molecule has 0 aliphatic carbocycles. The summed E-state index contributed by atoms with van der Waals surface area (Å²) in [6, 6.07) is 10.3. The van der Waals surface area contributed by atoms with Crippen LogP contribution in [0.5, 0.6) is 0 Å². The summed E-state index contributed by atoms with van der Waals surface area (Å²) >= 11 is 0. The lowest BCUT2D eigenvalue weighted by Gasteiger charge is -2.30. The summed E-state index contributed by atoms with van der Waals surface area (Å²) in [5.41, 5.74) is 4.83. The van der Waals surface area contributed by atoms with Crippen molar-refractivity contribution in [1.29, 1.82) is 0 Å². The van der Waals surface area contributed by atoms with Crippen LogP contribution in [-0.2, 0) is 13.0 Å². The van der Waals surface area contributed by atoms with E-state index in [9.17, 15) is 5.11 Å². The molecule has 0 saturated heterocycles. The first-order valence-electron chi connectivity index (χ1n) is 10.2. The van der Waals surface area contributed by atoms with Crippen molar-refractivity contribution in [1.82, 2.24) is 35.3 Å². The number of aliphatic hydroxyl groups is 1. The Kier molecular flexibility index (Phi) is 5.38. The highest BCUT2D eigenvalue weighted by molar-refractivity contribution is 5.93. The van der Waals surface area contributed by atoms with Crippen LogP contribution in [0.25, 0.3) is 11.0 Å². The van der Waals surface area contributed by atoms with E-state index in [-0.39, 0.29) is 0 Å². The van der Waals surface area contributed by atoms with Gasteiger partial charge in [-0.1, -0.05) is 24.3 Å². The fourth-order valence-electron chi connectivity index (χ4n) is 3.84. The van der Waals surface area contributed by atoms with Gasteiger partial charge in [-0.2, -0.15) is 15.3 Å². The van der Waals surface area contributed by atoms with Gasteiger partial charge in [0, 0.05) is 26.2 Å². The van der Waals surface area contributed by atoms with Crippen molar-refractivity contribution in [3.63, 3.8) is 0 Å². The number of nitrogens with zero attached hydrogens (tertiary/aromatic N) is 6.